The largest absolute Gasteiger partial charge is 0.353 e. The van der Waals surface area contributed by atoms with E-state index >= 15 is 0 Å². The van der Waals surface area contributed by atoms with Gasteiger partial charge in [0, 0.05) is 19.0 Å². The van der Waals surface area contributed by atoms with Crippen LogP contribution in [-0.2, 0) is 0 Å². The van der Waals surface area contributed by atoms with E-state index in [1.165, 1.54) is 12.4 Å². The van der Waals surface area contributed by atoms with E-state index in [0.29, 0.717) is 17.5 Å². The van der Waals surface area contributed by atoms with Crippen molar-refractivity contribution in [1.29, 1.82) is 0 Å². The zero-order valence-electron chi connectivity index (χ0n) is 10.9. The van der Waals surface area contributed by atoms with Gasteiger partial charge in [0.25, 0.3) is 5.92 Å². The molecule has 2 rings (SSSR count). The van der Waals surface area contributed by atoms with Crippen molar-refractivity contribution in [3.05, 3.63) is 17.4 Å². The van der Waals surface area contributed by atoms with E-state index in [2.05, 4.69) is 15.3 Å². The molecule has 2 atom stereocenters. The zero-order chi connectivity index (χ0) is 14.0. The second kappa shape index (κ2) is 5.54. The van der Waals surface area contributed by atoms with Crippen molar-refractivity contribution in [3.8, 4) is 0 Å². The van der Waals surface area contributed by atoms with Crippen LogP contribution in [0.5, 0.6) is 0 Å². The Morgan fingerprint density at radius 1 is 1.47 bits per heavy atom. The number of halogens is 3. The summed E-state index contributed by atoms with van der Waals surface area (Å²) >= 11 is 5.69. The van der Waals surface area contributed by atoms with E-state index in [-0.39, 0.29) is 24.9 Å². The topological polar surface area (TPSA) is 41.0 Å². The lowest BCUT2D eigenvalue weighted by Gasteiger charge is -2.41. The highest BCUT2D eigenvalue weighted by Gasteiger charge is 2.42. The molecule has 0 aliphatic carbocycles. The van der Waals surface area contributed by atoms with Gasteiger partial charge in [-0.25, -0.2) is 18.7 Å². The third-order valence-corrected chi connectivity index (χ3v) is 3.61. The van der Waals surface area contributed by atoms with Crippen molar-refractivity contribution >= 4 is 17.5 Å². The number of nitrogens with one attached hydrogen (secondary N) is 1. The molecule has 1 aromatic heterocycles. The SMILES string of the molecule is CC1CC(F)(F)CN(C)[C@@H]1CNc1ncc(Cl)cn1. The maximum absolute atomic E-state index is 13.4. The predicted molar refractivity (Wildman–Crippen MR) is 70.7 cm³/mol. The molecule has 1 aromatic rings. The molecular formula is C12H17ClF2N4. The number of likely N-dealkylation sites (tertiary alicyclic amines) is 1. The number of anilines is 1. The van der Waals surface area contributed by atoms with Crippen LogP contribution < -0.4 is 5.32 Å². The summed E-state index contributed by atoms with van der Waals surface area (Å²) in [4.78, 5) is 9.73. The number of hydrogen-bond donors (Lipinski definition) is 1. The molecule has 19 heavy (non-hydrogen) atoms. The Balaban J connectivity index is 1.94. The van der Waals surface area contributed by atoms with Crippen LogP contribution in [0.1, 0.15) is 13.3 Å². The van der Waals surface area contributed by atoms with Gasteiger partial charge in [0.05, 0.1) is 24.0 Å². The second-order valence-corrected chi connectivity index (χ2v) is 5.56. The highest BCUT2D eigenvalue weighted by atomic mass is 35.5. The van der Waals surface area contributed by atoms with Gasteiger partial charge in [-0.15, -0.1) is 0 Å². The van der Waals surface area contributed by atoms with Gasteiger partial charge in [-0.1, -0.05) is 18.5 Å². The zero-order valence-corrected chi connectivity index (χ0v) is 11.7. The van der Waals surface area contributed by atoms with E-state index in [4.69, 9.17) is 11.6 Å². The molecule has 106 valence electrons. The molecule has 1 saturated heterocycles. The van der Waals surface area contributed by atoms with Crippen molar-refractivity contribution in [1.82, 2.24) is 14.9 Å². The van der Waals surface area contributed by atoms with Gasteiger partial charge < -0.3 is 5.32 Å². The number of likely N-dealkylation sites (N-methyl/N-ethyl adjacent to an activating group) is 1. The van der Waals surface area contributed by atoms with E-state index in [0.717, 1.165) is 0 Å². The van der Waals surface area contributed by atoms with E-state index in [1.807, 2.05) is 6.92 Å². The van der Waals surface area contributed by atoms with Crippen molar-refractivity contribution in [2.75, 3.05) is 25.5 Å². The van der Waals surface area contributed by atoms with E-state index < -0.39 is 5.92 Å². The van der Waals surface area contributed by atoms with Gasteiger partial charge in [0.15, 0.2) is 0 Å². The standard InChI is InChI=1S/C12H17ClF2N4/c1-8-3-12(14,15)7-19(2)10(8)6-18-11-16-4-9(13)5-17-11/h4-5,8,10H,3,6-7H2,1-2H3,(H,16,17,18)/t8?,10-/m1/s1. The number of aromatic nitrogens is 2. The van der Waals surface area contributed by atoms with Crippen LogP contribution in [0.25, 0.3) is 0 Å². The number of rotatable bonds is 3. The summed E-state index contributed by atoms with van der Waals surface area (Å²) in [7, 11) is 1.72. The maximum atomic E-state index is 13.4. The Morgan fingerprint density at radius 2 is 2.11 bits per heavy atom. The number of nitrogens with zero attached hydrogens (tertiary/aromatic N) is 3. The Labute approximate surface area is 116 Å². The summed E-state index contributed by atoms with van der Waals surface area (Å²) in [5.41, 5.74) is 0. The molecule has 7 heteroatoms. The minimum absolute atomic E-state index is 0.0407. The Bertz CT molecular complexity index is 412. The maximum Gasteiger partial charge on any atom is 0.260 e. The quantitative estimate of drug-likeness (QED) is 0.929. The summed E-state index contributed by atoms with van der Waals surface area (Å²) < 4.78 is 26.8. The Hall–Kier alpha value is -1.01. The number of alkyl halides is 2. The van der Waals surface area contributed by atoms with Crippen LogP contribution in [0.3, 0.4) is 0 Å². The van der Waals surface area contributed by atoms with Crippen LogP contribution >= 0.6 is 11.6 Å². The molecule has 0 aromatic carbocycles. The van der Waals surface area contributed by atoms with Crippen LogP contribution in [0.4, 0.5) is 14.7 Å². The molecule has 0 saturated carbocycles. The summed E-state index contributed by atoms with van der Waals surface area (Å²) in [6, 6.07) is 0.0407. The first-order valence-corrected chi connectivity index (χ1v) is 6.55. The average molecular weight is 291 g/mol. The summed E-state index contributed by atoms with van der Waals surface area (Å²) in [6.45, 7) is 2.18. The van der Waals surface area contributed by atoms with Gasteiger partial charge in [0.1, 0.15) is 0 Å². The van der Waals surface area contributed by atoms with Crippen molar-refractivity contribution in [2.45, 2.75) is 25.3 Å². The molecule has 0 amide bonds. The first kappa shape index (κ1) is 14.4. The summed E-state index contributed by atoms with van der Waals surface area (Å²) in [5, 5.41) is 3.53. The highest BCUT2D eigenvalue weighted by molar-refractivity contribution is 6.30. The molecule has 1 fully saturated rings. The van der Waals surface area contributed by atoms with Crippen molar-refractivity contribution in [3.63, 3.8) is 0 Å². The van der Waals surface area contributed by atoms with Crippen LogP contribution in [0.2, 0.25) is 5.02 Å². The third kappa shape index (κ3) is 3.73. The lowest BCUT2D eigenvalue weighted by atomic mass is 9.89. The van der Waals surface area contributed by atoms with Gasteiger partial charge >= 0.3 is 0 Å². The fraction of sp³-hybridized carbons (Fsp3) is 0.667. The molecule has 0 radical (unpaired) electrons. The molecule has 1 N–H and O–H groups in total. The van der Waals surface area contributed by atoms with E-state index in [1.54, 1.807) is 11.9 Å². The lowest BCUT2D eigenvalue weighted by Crippen LogP contribution is -2.53. The minimum atomic E-state index is -2.60. The van der Waals surface area contributed by atoms with E-state index in [9.17, 15) is 8.78 Å². The Kier molecular flexibility index (Phi) is 4.20. The number of piperidine rings is 1. The molecule has 1 aliphatic heterocycles. The fourth-order valence-electron chi connectivity index (χ4n) is 2.54. The number of hydrogen-bond acceptors (Lipinski definition) is 4. The van der Waals surface area contributed by atoms with Gasteiger partial charge in [0.2, 0.25) is 5.95 Å². The predicted octanol–water partition coefficient (Wildman–Crippen LogP) is 2.52. The molecule has 4 nitrogen and oxygen atoms in total. The first-order valence-electron chi connectivity index (χ1n) is 6.17. The van der Waals surface area contributed by atoms with Crippen LogP contribution in [0.15, 0.2) is 12.4 Å². The first-order chi connectivity index (χ1) is 8.87. The smallest absolute Gasteiger partial charge is 0.260 e. The average Bonchev–Trinajstić information content (AvgIpc) is 2.29. The second-order valence-electron chi connectivity index (χ2n) is 5.13. The highest BCUT2D eigenvalue weighted by Crippen LogP contribution is 2.33. The molecule has 1 unspecified atom stereocenters. The van der Waals surface area contributed by atoms with Gasteiger partial charge in [-0.3, -0.25) is 4.90 Å². The van der Waals surface area contributed by atoms with Crippen LogP contribution in [-0.4, -0.2) is 47.0 Å². The fourth-order valence-corrected chi connectivity index (χ4v) is 2.64. The van der Waals surface area contributed by atoms with Gasteiger partial charge in [-0.05, 0) is 13.0 Å². The monoisotopic (exact) mass is 290 g/mol. The molecular weight excluding hydrogens is 274 g/mol. The third-order valence-electron chi connectivity index (χ3n) is 3.41. The van der Waals surface area contributed by atoms with Crippen molar-refractivity contribution < 1.29 is 8.78 Å². The lowest BCUT2D eigenvalue weighted by molar-refractivity contribution is -0.0934. The molecule has 1 aliphatic rings. The molecule has 0 bridgehead atoms. The Morgan fingerprint density at radius 3 is 2.68 bits per heavy atom. The van der Waals surface area contributed by atoms with Gasteiger partial charge in [-0.2, -0.15) is 0 Å². The normalized spacial score (nSPS) is 27.2. The van der Waals surface area contributed by atoms with Crippen molar-refractivity contribution in [2.24, 2.45) is 5.92 Å². The molecule has 2 heterocycles. The molecule has 0 spiro atoms. The summed E-state index contributed by atoms with van der Waals surface area (Å²) in [6.07, 6.45) is 2.92. The minimum Gasteiger partial charge on any atom is -0.353 e. The summed E-state index contributed by atoms with van der Waals surface area (Å²) in [5.74, 6) is -2.22. The van der Waals surface area contributed by atoms with Crippen LogP contribution in [0, 0.1) is 5.92 Å².